The van der Waals surface area contributed by atoms with Crippen molar-refractivity contribution in [3.63, 3.8) is 0 Å². The van der Waals surface area contributed by atoms with E-state index in [2.05, 4.69) is 26.7 Å². The number of anilines is 2. The highest BCUT2D eigenvalue weighted by Crippen LogP contribution is 2.27. The van der Waals surface area contributed by atoms with Crippen LogP contribution in [0.2, 0.25) is 0 Å². The topological polar surface area (TPSA) is 76.1 Å². The van der Waals surface area contributed by atoms with Gasteiger partial charge in [0.1, 0.15) is 5.75 Å². The van der Waals surface area contributed by atoms with Crippen molar-refractivity contribution in [2.75, 3.05) is 19.0 Å². The van der Waals surface area contributed by atoms with Gasteiger partial charge in [0.05, 0.1) is 18.4 Å². The SMILES string of the molecule is COc1ccc(C)cc1Nc1ncc(C(=O)NCCC2=CCCCC2)cn1. The molecule has 6 nitrogen and oxygen atoms in total. The molecule has 0 saturated carbocycles. The van der Waals surface area contributed by atoms with Crippen LogP contribution < -0.4 is 15.4 Å². The number of allylic oxidation sites excluding steroid dienone is 1. The molecule has 3 rings (SSSR count). The third kappa shape index (κ3) is 5.29. The van der Waals surface area contributed by atoms with Gasteiger partial charge in [0.25, 0.3) is 5.91 Å². The van der Waals surface area contributed by atoms with Gasteiger partial charge in [-0.2, -0.15) is 0 Å². The summed E-state index contributed by atoms with van der Waals surface area (Å²) in [5, 5.41) is 6.07. The number of ether oxygens (including phenoxy) is 1. The van der Waals surface area contributed by atoms with Gasteiger partial charge in [0.15, 0.2) is 0 Å². The maximum Gasteiger partial charge on any atom is 0.254 e. The fourth-order valence-electron chi connectivity index (χ4n) is 3.12. The first-order chi connectivity index (χ1) is 13.2. The van der Waals surface area contributed by atoms with E-state index in [-0.39, 0.29) is 5.91 Å². The highest BCUT2D eigenvalue weighted by molar-refractivity contribution is 5.93. The van der Waals surface area contributed by atoms with E-state index in [1.807, 2.05) is 25.1 Å². The van der Waals surface area contributed by atoms with Crippen LogP contribution in [0, 0.1) is 6.92 Å². The molecule has 6 heteroatoms. The second-order valence-corrected chi connectivity index (χ2v) is 6.74. The van der Waals surface area contributed by atoms with Crippen LogP contribution in [0.1, 0.15) is 48.0 Å². The molecule has 27 heavy (non-hydrogen) atoms. The number of amides is 1. The van der Waals surface area contributed by atoms with Gasteiger partial charge in [-0.1, -0.05) is 17.7 Å². The Morgan fingerprint density at radius 3 is 2.74 bits per heavy atom. The molecule has 2 aromatic rings. The summed E-state index contributed by atoms with van der Waals surface area (Å²) in [5.74, 6) is 0.983. The lowest BCUT2D eigenvalue weighted by molar-refractivity contribution is 0.0953. The monoisotopic (exact) mass is 366 g/mol. The van der Waals surface area contributed by atoms with Crippen LogP contribution >= 0.6 is 0 Å². The Morgan fingerprint density at radius 2 is 2.04 bits per heavy atom. The zero-order valence-corrected chi connectivity index (χ0v) is 15.9. The molecular formula is C21H26N4O2. The first-order valence-electron chi connectivity index (χ1n) is 9.35. The summed E-state index contributed by atoms with van der Waals surface area (Å²) in [6, 6.07) is 5.83. The molecule has 0 radical (unpaired) electrons. The molecule has 0 unspecified atom stereocenters. The van der Waals surface area contributed by atoms with E-state index in [0.717, 1.165) is 30.5 Å². The Bertz CT molecular complexity index is 815. The zero-order valence-electron chi connectivity index (χ0n) is 15.9. The Labute approximate surface area is 160 Å². The molecule has 0 saturated heterocycles. The van der Waals surface area contributed by atoms with Crippen molar-refractivity contribution in [2.24, 2.45) is 0 Å². The lowest BCUT2D eigenvalue weighted by Crippen LogP contribution is -2.25. The molecule has 0 fully saturated rings. The Balaban J connectivity index is 1.56. The number of hydrogen-bond donors (Lipinski definition) is 2. The minimum Gasteiger partial charge on any atom is -0.495 e. The van der Waals surface area contributed by atoms with Gasteiger partial charge in [-0.3, -0.25) is 4.79 Å². The largest absolute Gasteiger partial charge is 0.495 e. The number of nitrogens with zero attached hydrogens (tertiary/aromatic N) is 2. The second kappa shape index (κ2) is 9.16. The average molecular weight is 366 g/mol. The van der Waals surface area contributed by atoms with Gasteiger partial charge < -0.3 is 15.4 Å². The molecule has 1 aliphatic carbocycles. The van der Waals surface area contributed by atoms with E-state index in [9.17, 15) is 4.79 Å². The summed E-state index contributed by atoms with van der Waals surface area (Å²) < 4.78 is 5.34. The summed E-state index contributed by atoms with van der Waals surface area (Å²) in [6.07, 6.45) is 11.1. The molecule has 0 spiro atoms. The lowest BCUT2D eigenvalue weighted by atomic mass is 9.97. The van der Waals surface area contributed by atoms with E-state index in [4.69, 9.17) is 4.74 Å². The fraction of sp³-hybridized carbons (Fsp3) is 0.381. The first-order valence-corrected chi connectivity index (χ1v) is 9.35. The Morgan fingerprint density at radius 1 is 1.22 bits per heavy atom. The van der Waals surface area contributed by atoms with Crippen LogP contribution in [0.15, 0.2) is 42.2 Å². The average Bonchev–Trinajstić information content (AvgIpc) is 2.69. The minimum atomic E-state index is -0.147. The molecule has 1 heterocycles. The van der Waals surface area contributed by atoms with E-state index in [0.29, 0.717) is 23.8 Å². The van der Waals surface area contributed by atoms with E-state index in [1.165, 1.54) is 30.8 Å². The summed E-state index contributed by atoms with van der Waals surface area (Å²) in [4.78, 5) is 20.7. The normalized spacial score (nSPS) is 13.6. The van der Waals surface area contributed by atoms with Crippen LogP contribution in [0.5, 0.6) is 5.75 Å². The fourth-order valence-corrected chi connectivity index (χ4v) is 3.12. The number of carbonyl (C=O) groups excluding carboxylic acids is 1. The number of nitrogens with one attached hydrogen (secondary N) is 2. The van der Waals surface area contributed by atoms with E-state index < -0.39 is 0 Å². The van der Waals surface area contributed by atoms with Crippen molar-refractivity contribution in [1.29, 1.82) is 0 Å². The number of aryl methyl sites for hydroxylation is 1. The molecular weight excluding hydrogens is 340 g/mol. The molecule has 0 aliphatic heterocycles. The van der Waals surface area contributed by atoms with E-state index in [1.54, 1.807) is 7.11 Å². The van der Waals surface area contributed by atoms with Gasteiger partial charge in [0, 0.05) is 18.9 Å². The minimum absolute atomic E-state index is 0.147. The maximum absolute atomic E-state index is 12.3. The van der Waals surface area contributed by atoms with E-state index >= 15 is 0 Å². The first kappa shape index (κ1) is 18.9. The number of carbonyl (C=O) groups is 1. The van der Waals surface area contributed by atoms with Crippen LogP contribution in [-0.2, 0) is 0 Å². The molecule has 1 aromatic heterocycles. The smallest absolute Gasteiger partial charge is 0.254 e. The van der Waals surface area contributed by atoms with Crippen molar-refractivity contribution in [3.05, 3.63) is 53.4 Å². The third-order valence-corrected chi connectivity index (χ3v) is 4.63. The van der Waals surface area contributed by atoms with Gasteiger partial charge in [0.2, 0.25) is 5.95 Å². The predicted molar refractivity (Wildman–Crippen MR) is 107 cm³/mol. The standard InChI is InChI=1S/C21H26N4O2/c1-15-8-9-19(27-2)18(12-15)25-21-23-13-17(14-24-21)20(26)22-11-10-16-6-4-3-5-7-16/h6,8-9,12-14H,3-5,7,10-11H2,1-2H3,(H,22,26)(H,23,24,25). The number of methoxy groups -OCH3 is 1. The van der Waals surface area contributed by atoms with Gasteiger partial charge >= 0.3 is 0 Å². The number of hydrogen-bond acceptors (Lipinski definition) is 5. The Hall–Kier alpha value is -2.89. The molecule has 2 N–H and O–H groups in total. The highest BCUT2D eigenvalue weighted by atomic mass is 16.5. The van der Waals surface area contributed by atoms with Gasteiger partial charge in [-0.15, -0.1) is 0 Å². The molecule has 1 aromatic carbocycles. The quantitative estimate of drug-likeness (QED) is 0.720. The zero-order chi connectivity index (χ0) is 19.1. The number of rotatable bonds is 7. The van der Waals surface area contributed by atoms with Crippen molar-refractivity contribution in [1.82, 2.24) is 15.3 Å². The molecule has 142 valence electrons. The number of aromatic nitrogens is 2. The Kier molecular flexibility index (Phi) is 6.41. The van der Waals surface area contributed by atoms with Crippen molar-refractivity contribution in [2.45, 2.75) is 39.0 Å². The maximum atomic E-state index is 12.3. The molecule has 1 aliphatic rings. The summed E-state index contributed by atoms with van der Waals surface area (Å²) in [7, 11) is 1.62. The lowest BCUT2D eigenvalue weighted by Gasteiger charge is -2.13. The van der Waals surface area contributed by atoms with Crippen LogP contribution in [0.4, 0.5) is 11.6 Å². The van der Waals surface area contributed by atoms with Gasteiger partial charge in [-0.05, 0) is 56.7 Å². The molecule has 0 atom stereocenters. The second-order valence-electron chi connectivity index (χ2n) is 6.74. The molecule has 1 amide bonds. The molecule has 0 bridgehead atoms. The number of benzene rings is 1. The van der Waals surface area contributed by atoms with Crippen LogP contribution in [-0.4, -0.2) is 29.5 Å². The van der Waals surface area contributed by atoms with Crippen molar-refractivity contribution >= 4 is 17.5 Å². The van der Waals surface area contributed by atoms with Crippen molar-refractivity contribution < 1.29 is 9.53 Å². The van der Waals surface area contributed by atoms with Crippen LogP contribution in [0.25, 0.3) is 0 Å². The third-order valence-electron chi connectivity index (χ3n) is 4.63. The predicted octanol–water partition coefficient (Wildman–Crippen LogP) is 4.16. The van der Waals surface area contributed by atoms with Crippen molar-refractivity contribution in [3.8, 4) is 5.75 Å². The summed E-state index contributed by atoms with van der Waals surface area (Å²) >= 11 is 0. The van der Waals surface area contributed by atoms with Gasteiger partial charge in [-0.25, -0.2) is 9.97 Å². The highest BCUT2D eigenvalue weighted by Gasteiger charge is 2.10. The summed E-state index contributed by atoms with van der Waals surface area (Å²) in [6.45, 7) is 2.65. The van der Waals surface area contributed by atoms with Crippen LogP contribution in [0.3, 0.4) is 0 Å². The summed E-state index contributed by atoms with van der Waals surface area (Å²) in [5.41, 5.74) is 3.79.